The van der Waals surface area contributed by atoms with Gasteiger partial charge in [-0.15, -0.1) is 24.8 Å². The number of aliphatic hydroxyl groups excluding tert-OH is 1. The molecule has 0 bridgehead atoms. The third kappa shape index (κ3) is 7.72. The Bertz CT molecular complexity index is 769. The second-order valence-corrected chi connectivity index (χ2v) is 7.43. The predicted octanol–water partition coefficient (Wildman–Crippen LogP) is 3.07. The summed E-state index contributed by atoms with van der Waals surface area (Å²) < 4.78 is 13.8. The molecule has 156 valence electrons. The van der Waals surface area contributed by atoms with Crippen LogP contribution in [0.25, 0.3) is 0 Å². The number of carbonyl (C=O) groups is 1. The van der Waals surface area contributed by atoms with Crippen molar-refractivity contribution in [3.8, 4) is 0 Å². The summed E-state index contributed by atoms with van der Waals surface area (Å²) in [6, 6.07) is 9.01. The van der Waals surface area contributed by atoms with E-state index in [1.165, 1.54) is 6.07 Å². The van der Waals surface area contributed by atoms with E-state index in [1.807, 2.05) is 20.8 Å². The molecular weight excluding hydrogens is 404 g/mol. The molecule has 1 aromatic heterocycles. The number of halogens is 3. The summed E-state index contributed by atoms with van der Waals surface area (Å²) in [6.07, 6.45) is 0.928. The largest absolute Gasteiger partial charge is 0.391 e. The Morgan fingerprint density at radius 2 is 1.82 bits per heavy atom. The number of rotatable bonds is 6. The maximum absolute atomic E-state index is 13.8. The van der Waals surface area contributed by atoms with E-state index in [2.05, 4.69) is 10.3 Å². The van der Waals surface area contributed by atoms with Gasteiger partial charge in [-0.1, -0.05) is 18.2 Å². The summed E-state index contributed by atoms with van der Waals surface area (Å²) in [4.78, 5) is 16.7. The van der Waals surface area contributed by atoms with E-state index in [0.717, 1.165) is 0 Å². The van der Waals surface area contributed by atoms with E-state index in [9.17, 15) is 14.3 Å². The zero-order valence-corrected chi connectivity index (χ0v) is 17.8. The molecule has 2 atom stereocenters. The van der Waals surface area contributed by atoms with E-state index in [4.69, 9.17) is 5.73 Å². The molecule has 1 amide bonds. The second kappa shape index (κ2) is 11.3. The normalized spacial score (nSPS) is 12.9. The Kier molecular flexibility index (Phi) is 10.6. The fourth-order valence-corrected chi connectivity index (χ4v) is 2.62. The molecule has 2 aromatic rings. The molecule has 0 unspecified atom stereocenters. The molecule has 28 heavy (non-hydrogen) atoms. The Morgan fingerprint density at radius 3 is 2.43 bits per heavy atom. The Labute approximate surface area is 177 Å². The highest BCUT2D eigenvalue weighted by Gasteiger charge is 2.23. The van der Waals surface area contributed by atoms with E-state index in [1.54, 1.807) is 36.5 Å². The van der Waals surface area contributed by atoms with Crippen molar-refractivity contribution in [2.24, 2.45) is 5.73 Å². The number of hydrogen-bond acceptors (Lipinski definition) is 4. The van der Waals surface area contributed by atoms with E-state index in [-0.39, 0.29) is 54.9 Å². The molecule has 1 aromatic carbocycles. The van der Waals surface area contributed by atoms with Crippen LogP contribution in [0.5, 0.6) is 0 Å². The molecule has 1 heterocycles. The zero-order valence-electron chi connectivity index (χ0n) is 16.2. The summed E-state index contributed by atoms with van der Waals surface area (Å²) in [5, 5.41) is 13.3. The Morgan fingerprint density at radius 1 is 1.18 bits per heavy atom. The summed E-state index contributed by atoms with van der Waals surface area (Å²) in [5.74, 6) is -0.603. The van der Waals surface area contributed by atoms with Gasteiger partial charge in [-0.25, -0.2) is 4.39 Å². The molecule has 8 heteroatoms. The number of pyridine rings is 1. The fraction of sp³-hybridized carbons (Fsp3) is 0.400. The van der Waals surface area contributed by atoms with Crippen molar-refractivity contribution in [2.45, 2.75) is 51.3 Å². The van der Waals surface area contributed by atoms with E-state index >= 15 is 0 Å². The van der Waals surface area contributed by atoms with Crippen molar-refractivity contribution in [1.82, 2.24) is 10.3 Å². The highest BCUT2D eigenvalue weighted by molar-refractivity contribution is 5.95. The van der Waals surface area contributed by atoms with Crippen LogP contribution < -0.4 is 11.1 Å². The molecule has 0 fully saturated rings. The van der Waals surface area contributed by atoms with Crippen molar-refractivity contribution in [3.05, 3.63) is 65.2 Å². The van der Waals surface area contributed by atoms with Crippen LogP contribution in [0.15, 0.2) is 42.6 Å². The number of amides is 1. The maximum Gasteiger partial charge on any atom is 0.253 e. The van der Waals surface area contributed by atoms with Crippen molar-refractivity contribution < 1.29 is 14.3 Å². The molecule has 0 aliphatic rings. The van der Waals surface area contributed by atoms with Crippen molar-refractivity contribution in [3.63, 3.8) is 0 Å². The third-order valence-electron chi connectivity index (χ3n) is 3.93. The number of hydrogen-bond donors (Lipinski definition) is 3. The topological polar surface area (TPSA) is 88.2 Å². The molecule has 0 spiro atoms. The van der Waals surface area contributed by atoms with Crippen molar-refractivity contribution in [2.75, 3.05) is 0 Å². The van der Waals surface area contributed by atoms with Crippen LogP contribution in [0.2, 0.25) is 0 Å². The third-order valence-corrected chi connectivity index (χ3v) is 3.93. The van der Waals surface area contributed by atoms with Gasteiger partial charge in [-0.05, 0) is 51.0 Å². The minimum atomic E-state index is -0.953. The van der Waals surface area contributed by atoms with Crippen LogP contribution in [0.4, 0.5) is 4.39 Å². The lowest BCUT2D eigenvalue weighted by atomic mass is 9.96. The molecule has 0 aliphatic carbocycles. The first-order valence-corrected chi connectivity index (χ1v) is 8.61. The average molecular weight is 432 g/mol. The minimum Gasteiger partial charge on any atom is -0.391 e. The minimum absolute atomic E-state index is 0. The van der Waals surface area contributed by atoms with Gasteiger partial charge < -0.3 is 16.2 Å². The lowest BCUT2D eigenvalue weighted by Gasteiger charge is -2.23. The smallest absolute Gasteiger partial charge is 0.253 e. The summed E-state index contributed by atoms with van der Waals surface area (Å²) in [6.45, 7) is 5.67. The molecule has 0 radical (unpaired) electrons. The number of nitrogens with two attached hydrogens (primary N) is 1. The number of carbonyl (C=O) groups excluding carboxylic acids is 1. The monoisotopic (exact) mass is 431 g/mol. The first-order chi connectivity index (χ1) is 12.2. The molecule has 0 aliphatic heterocycles. The van der Waals surface area contributed by atoms with Crippen LogP contribution in [0.1, 0.15) is 42.4 Å². The fourth-order valence-electron chi connectivity index (χ4n) is 2.62. The van der Waals surface area contributed by atoms with Gasteiger partial charge in [0.15, 0.2) is 0 Å². The van der Waals surface area contributed by atoms with Crippen LogP contribution >= 0.6 is 24.8 Å². The molecule has 4 N–H and O–H groups in total. The molecule has 0 saturated carbocycles. The maximum atomic E-state index is 13.8. The SMILES string of the molecule is CC(C)(C)NC(=O)c1cccnc1C[C@H](O)[C@H](N)Cc1ccccc1F.Cl.Cl. The number of aliphatic hydroxyl groups is 1. The van der Waals surface area contributed by atoms with Crippen LogP contribution in [0.3, 0.4) is 0 Å². The summed E-state index contributed by atoms with van der Waals surface area (Å²) in [5.41, 5.74) is 6.98. The standard InChI is InChI=1S/C20H26FN3O2.2ClH/c1-20(2,3)24-19(26)14-8-6-10-23-17(14)12-18(25)16(22)11-13-7-4-5-9-15(13)21;;/h4-10,16,18,25H,11-12,22H2,1-3H3,(H,24,26);2*1H/t16-,18+;;/m1../s1. The van der Waals surface area contributed by atoms with Crippen molar-refractivity contribution >= 4 is 30.7 Å². The van der Waals surface area contributed by atoms with Crippen LogP contribution in [0, 0.1) is 5.82 Å². The zero-order chi connectivity index (χ0) is 19.3. The predicted molar refractivity (Wildman–Crippen MR) is 114 cm³/mol. The second-order valence-electron chi connectivity index (χ2n) is 7.43. The van der Waals surface area contributed by atoms with Gasteiger partial charge >= 0.3 is 0 Å². The first kappa shape index (κ1) is 26.3. The number of aromatic nitrogens is 1. The lowest BCUT2D eigenvalue weighted by Crippen LogP contribution is -2.42. The number of benzene rings is 1. The van der Waals surface area contributed by atoms with E-state index < -0.39 is 12.1 Å². The number of nitrogens with zero attached hydrogens (tertiary/aromatic N) is 1. The van der Waals surface area contributed by atoms with E-state index in [0.29, 0.717) is 16.8 Å². The summed E-state index contributed by atoms with van der Waals surface area (Å²) in [7, 11) is 0. The first-order valence-electron chi connectivity index (χ1n) is 8.61. The van der Waals surface area contributed by atoms with Gasteiger partial charge in [0, 0.05) is 24.2 Å². The Hall–Kier alpha value is -1.73. The van der Waals surface area contributed by atoms with Crippen LogP contribution in [-0.4, -0.2) is 33.7 Å². The van der Waals surface area contributed by atoms with Gasteiger partial charge in [0.2, 0.25) is 0 Å². The highest BCUT2D eigenvalue weighted by atomic mass is 35.5. The Balaban J connectivity index is 0.00000364. The molecular formula is C20H28Cl2FN3O2. The van der Waals surface area contributed by atoms with Crippen molar-refractivity contribution in [1.29, 1.82) is 0 Å². The quantitative estimate of drug-likeness (QED) is 0.655. The van der Waals surface area contributed by atoms with Gasteiger partial charge in [0.1, 0.15) is 5.82 Å². The van der Waals surface area contributed by atoms with Gasteiger partial charge in [-0.2, -0.15) is 0 Å². The lowest BCUT2D eigenvalue weighted by molar-refractivity contribution is 0.0916. The van der Waals surface area contributed by atoms with Gasteiger partial charge in [0.25, 0.3) is 5.91 Å². The highest BCUT2D eigenvalue weighted by Crippen LogP contribution is 2.15. The molecule has 2 rings (SSSR count). The van der Waals surface area contributed by atoms with Gasteiger partial charge in [-0.3, -0.25) is 9.78 Å². The molecule has 0 saturated heterocycles. The van der Waals surface area contributed by atoms with Crippen LogP contribution in [-0.2, 0) is 12.8 Å². The summed E-state index contributed by atoms with van der Waals surface area (Å²) >= 11 is 0. The number of nitrogens with one attached hydrogen (secondary N) is 1. The molecule has 5 nitrogen and oxygen atoms in total. The average Bonchev–Trinajstić information content (AvgIpc) is 2.55. The van der Waals surface area contributed by atoms with Gasteiger partial charge in [0.05, 0.1) is 17.4 Å².